The van der Waals surface area contributed by atoms with E-state index >= 15 is 105 Å². The standard InChI is InChI=1S/C12H10.4C10F7.C10H23N.Al/c1-3-7-11(8-4-1)12-9-5-2-6-10-12;4*11-3-1-2-4(7(14)6(3)13)8(15)10(17)9(16)5(2)12;1-3-4-5-6-7-8-9-10-11-2;/h1-10H;;;;;11H,3-10H2,1-2H3;/q;;;;;;-1/p+1. The van der Waals surface area contributed by atoms with Crippen LogP contribution in [0.4, 0.5) is 123 Å². The molecule has 30 heteroatoms. The van der Waals surface area contributed by atoms with E-state index in [4.69, 9.17) is 0 Å². The topological polar surface area (TPSA) is 16.6 Å². The second-order valence-corrected chi connectivity index (χ2v) is 24.4. The highest BCUT2D eigenvalue weighted by atomic mass is 27.2. The summed E-state index contributed by atoms with van der Waals surface area (Å²) in [6.07, 6.45) is 10.00. The number of rotatable bonds is 13. The normalized spacial score (nSPS) is 11.8. The van der Waals surface area contributed by atoms with Crippen molar-refractivity contribution in [1.82, 2.24) is 0 Å². The highest BCUT2D eigenvalue weighted by molar-refractivity contribution is 7.23. The fourth-order valence-electron chi connectivity index (χ4n) is 11.2. The van der Waals surface area contributed by atoms with Crippen LogP contribution in [-0.2, 0) is 0 Å². The Morgan fingerprint density at radius 2 is 0.413 bits per heavy atom. The number of halogens is 28. The van der Waals surface area contributed by atoms with E-state index in [-0.39, 0.29) is 0 Å². The van der Waals surface area contributed by atoms with Crippen LogP contribution in [0.5, 0.6) is 0 Å². The maximum absolute atomic E-state index is 17.3. The molecule has 0 atom stereocenters. The van der Waals surface area contributed by atoms with E-state index in [2.05, 4.69) is 67.8 Å². The Hall–Kier alpha value is -8.23. The van der Waals surface area contributed by atoms with Gasteiger partial charge in [-0.3, -0.25) is 0 Å². The summed E-state index contributed by atoms with van der Waals surface area (Å²) in [4.78, 5) is 0. The maximum Gasteiger partial charge on any atom is 0.286 e. The predicted molar refractivity (Wildman–Crippen MR) is 281 cm³/mol. The van der Waals surface area contributed by atoms with E-state index in [1.54, 1.807) is 0 Å². The molecule has 0 unspecified atom stereocenters. The second kappa shape index (κ2) is 27.2. The first kappa shape index (κ1) is 69.7. The molecule has 0 heterocycles. The lowest BCUT2D eigenvalue weighted by molar-refractivity contribution is -0.627. The van der Waals surface area contributed by atoms with E-state index in [1.807, 2.05) is 12.1 Å². The number of unbranched alkanes of at least 4 members (excludes halogenated alkanes) is 6. The molecule has 0 saturated carbocycles. The molecule has 0 bridgehead atoms. The summed E-state index contributed by atoms with van der Waals surface area (Å²) >= 11 is -10.2. The van der Waals surface area contributed by atoms with Gasteiger partial charge in [0.25, 0.3) is 13.1 Å². The molecule has 0 aliphatic rings. The third-order valence-corrected chi connectivity index (χ3v) is 20.9. The summed E-state index contributed by atoms with van der Waals surface area (Å²) in [5, 5.41) is -24.4. The van der Waals surface area contributed by atoms with Crippen LogP contribution in [0.25, 0.3) is 54.2 Å². The second-order valence-electron chi connectivity index (χ2n) is 20.4. The van der Waals surface area contributed by atoms with Crippen molar-refractivity contribution < 1.29 is 128 Å². The lowest BCUT2D eigenvalue weighted by Gasteiger charge is -2.44. The molecule has 0 radical (unpaired) electrons. The Morgan fingerprint density at radius 1 is 0.228 bits per heavy atom. The van der Waals surface area contributed by atoms with Gasteiger partial charge in [-0.1, -0.05) is 99.7 Å². The lowest BCUT2D eigenvalue weighted by Crippen LogP contribution is -2.79. The largest absolute Gasteiger partial charge is 0.349 e. The summed E-state index contributed by atoms with van der Waals surface area (Å²) in [6, 6.07) is 20.8. The zero-order valence-electron chi connectivity index (χ0n) is 46.2. The summed E-state index contributed by atoms with van der Waals surface area (Å²) in [5.74, 6) is -104. The Bertz CT molecular complexity index is 4050. The van der Waals surface area contributed by atoms with Crippen LogP contribution >= 0.6 is 0 Å². The zero-order valence-corrected chi connectivity index (χ0v) is 47.3. The van der Waals surface area contributed by atoms with Crippen molar-refractivity contribution >= 4 is 73.9 Å². The van der Waals surface area contributed by atoms with Crippen molar-refractivity contribution in [3.63, 3.8) is 0 Å². The third kappa shape index (κ3) is 11.0. The Kier molecular flexibility index (Phi) is 20.6. The minimum absolute atomic E-state index is 1.28. The van der Waals surface area contributed by atoms with E-state index < -0.39 is 237 Å². The summed E-state index contributed by atoms with van der Waals surface area (Å²) in [7, 11) is 2.15. The van der Waals surface area contributed by atoms with Gasteiger partial charge in [-0.25, -0.2) is 123 Å². The van der Waals surface area contributed by atoms with Crippen LogP contribution < -0.4 is 23.0 Å². The Balaban J connectivity index is 0.000000395. The number of benzene rings is 10. The Morgan fingerprint density at radius 3 is 0.620 bits per heavy atom. The average Bonchev–Trinajstić information content (AvgIpc) is 0.664. The highest BCUT2D eigenvalue weighted by Gasteiger charge is 2.55. The van der Waals surface area contributed by atoms with Gasteiger partial charge in [-0.05, 0) is 45.5 Å². The molecule has 0 aromatic heterocycles. The fraction of sp³-hybridized carbons (Fsp3) is 0.161. The van der Waals surface area contributed by atoms with Crippen molar-refractivity contribution in [2.24, 2.45) is 0 Å². The Labute approximate surface area is 500 Å². The molecule has 0 amide bonds. The molecule has 0 fully saturated rings. The molecule has 10 rings (SSSR count). The van der Waals surface area contributed by atoms with Crippen LogP contribution in [0.15, 0.2) is 60.7 Å². The molecule has 10 aromatic carbocycles. The van der Waals surface area contributed by atoms with E-state index in [1.165, 1.54) is 62.6 Å². The molecule has 486 valence electrons. The molecule has 0 spiro atoms. The summed E-state index contributed by atoms with van der Waals surface area (Å²) < 4.78 is 432. The summed E-state index contributed by atoms with van der Waals surface area (Å²) in [6.45, 7) is 3.58. The minimum atomic E-state index is -10.2. The van der Waals surface area contributed by atoms with Gasteiger partial charge in [-0.2, -0.15) is 17.7 Å². The number of hydrogen-bond donors (Lipinski definition) is 1. The molecular formula is C62H34AlF28N. The molecule has 92 heavy (non-hydrogen) atoms. The number of hydrogen-bond acceptors (Lipinski definition) is 0. The lowest BCUT2D eigenvalue weighted by atomic mass is 10.1. The van der Waals surface area contributed by atoms with Crippen LogP contribution in [-0.4, -0.2) is 26.7 Å². The van der Waals surface area contributed by atoms with Gasteiger partial charge in [0.15, 0.2) is 140 Å². The van der Waals surface area contributed by atoms with Gasteiger partial charge in [0.05, 0.1) is 35.1 Å². The average molecular weight is 1350 g/mol. The van der Waals surface area contributed by atoms with Gasteiger partial charge in [0.1, 0.15) is 23.3 Å². The van der Waals surface area contributed by atoms with Crippen LogP contribution in [0.3, 0.4) is 0 Å². The quantitative estimate of drug-likeness (QED) is 0.0390. The molecular weight excluding hydrogens is 1320 g/mol. The minimum Gasteiger partial charge on any atom is -0.349 e. The van der Waals surface area contributed by atoms with Crippen molar-refractivity contribution in [3.8, 4) is 11.1 Å². The fourth-order valence-corrected chi connectivity index (χ4v) is 17.7. The highest BCUT2D eigenvalue weighted by Crippen LogP contribution is 2.42. The number of fused-ring (bicyclic) bond motifs is 4. The molecule has 1 nitrogen and oxygen atoms in total. The smallest absolute Gasteiger partial charge is 0.286 e. The van der Waals surface area contributed by atoms with E-state index in [9.17, 15) is 17.6 Å². The van der Waals surface area contributed by atoms with Crippen LogP contribution in [0, 0.1) is 163 Å². The number of quaternary nitrogens is 1. The van der Waals surface area contributed by atoms with E-state index in [0.29, 0.717) is 0 Å². The van der Waals surface area contributed by atoms with Gasteiger partial charge in [-0.15, -0.1) is 0 Å². The zero-order chi connectivity index (χ0) is 68.2. The van der Waals surface area contributed by atoms with Crippen LogP contribution in [0.2, 0.25) is 0 Å². The monoisotopic (exact) mass is 1350 g/mol. The van der Waals surface area contributed by atoms with Gasteiger partial charge in [0.2, 0.25) is 0 Å². The molecule has 0 saturated heterocycles. The van der Waals surface area contributed by atoms with Crippen LogP contribution in [0.1, 0.15) is 51.9 Å². The van der Waals surface area contributed by atoms with E-state index in [0.717, 1.165) is 0 Å². The molecule has 2 N–H and O–H groups in total. The van der Waals surface area contributed by atoms with Crippen molar-refractivity contribution in [2.75, 3.05) is 13.6 Å². The van der Waals surface area contributed by atoms with Gasteiger partial charge in [0, 0.05) is 0 Å². The molecule has 0 aliphatic carbocycles. The third-order valence-electron chi connectivity index (χ3n) is 15.2. The molecule has 0 aliphatic heterocycles. The van der Waals surface area contributed by atoms with Crippen molar-refractivity contribution in [1.29, 1.82) is 0 Å². The first-order valence-corrected chi connectivity index (χ1v) is 29.0. The first-order valence-electron chi connectivity index (χ1n) is 26.7. The molecule has 10 aromatic rings. The SMILES string of the molecule is CCCCCCCCC[NH2+]C.Fc1c(F)c(F)c2[c]([Al-]([c]3c(F)c(F)c(F)c4c(F)c(F)c(F)c(F)c34)([c]3c(F)c(F)c(F)c4c(F)c(F)c(F)c(F)c34)[c]3c(F)c(F)c(F)c4c(F)c(F)c(F)c(F)c34)c(F)c(F)c(F)c2c1F.c1ccc(-c2ccccc2)cc1. The first-order chi connectivity index (χ1) is 43.4. The van der Waals surface area contributed by atoms with Gasteiger partial charge >= 0.3 is 0 Å². The van der Waals surface area contributed by atoms with Crippen molar-refractivity contribution in [2.45, 2.75) is 51.9 Å². The summed E-state index contributed by atoms with van der Waals surface area (Å²) in [5.41, 5.74) is 2.55. The van der Waals surface area contributed by atoms with Crippen molar-refractivity contribution in [3.05, 3.63) is 224 Å². The maximum atomic E-state index is 17.3. The van der Waals surface area contributed by atoms with Gasteiger partial charge < -0.3 is 5.32 Å². The number of nitrogens with two attached hydrogens (primary N) is 1. The predicted octanol–water partition coefficient (Wildman–Crippen LogP) is 16.9.